The maximum atomic E-state index is 12.2. The Labute approximate surface area is 132 Å². The molecular weight excluding hydrogens is 298 g/mol. The first-order chi connectivity index (χ1) is 11.2. The van der Waals surface area contributed by atoms with Crippen LogP contribution in [0.1, 0.15) is 25.2 Å². The molecule has 1 amide bonds. The molecule has 0 N–H and O–H groups in total. The highest BCUT2D eigenvalue weighted by molar-refractivity contribution is 5.77. The minimum Gasteiger partial charge on any atom is -0.381 e. The number of likely N-dealkylation sites (tertiary alicyclic amines) is 1. The van der Waals surface area contributed by atoms with Crippen molar-refractivity contribution in [2.75, 3.05) is 19.8 Å². The largest absolute Gasteiger partial charge is 0.381 e. The lowest BCUT2D eigenvalue weighted by atomic mass is 9.79. The van der Waals surface area contributed by atoms with Gasteiger partial charge >= 0.3 is 0 Å². The smallest absolute Gasteiger partial charge is 0.246 e. The number of nitrogens with zero attached hydrogens (tertiary/aromatic N) is 5. The molecule has 120 valence electrons. The zero-order valence-electron chi connectivity index (χ0n) is 12.6. The zero-order chi connectivity index (χ0) is 15.7. The van der Waals surface area contributed by atoms with E-state index in [1.807, 2.05) is 0 Å². The Morgan fingerprint density at radius 3 is 2.87 bits per heavy atom. The Morgan fingerprint density at radius 1 is 1.22 bits per heavy atom. The normalized spacial score (nSPS) is 24.5. The van der Waals surface area contributed by atoms with Crippen molar-refractivity contribution in [3.63, 3.8) is 0 Å². The van der Waals surface area contributed by atoms with Crippen LogP contribution in [-0.4, -0.2) is 50.7 Å². The molecule has 4 heterocycles. The summed E-state index contributed by atoms with van der Waals surface area (Å²) in [6.45, 7) is 2.51. The Bertz CT molecular complexity index is 696. The first kappa shape index (κ1) is 14.3. The third-order valence-corrected chi connectivity index (χ3v) is 4.49. The van der Waals surface area contributed by atoms with E-state index in [1.54, 1.807) is 23.4 Å². The molecule has 2 aromatic heterocycles. The molecule has 0 aromatic carbocycles. The first-order valence-electron chi connectivity index (χ1n) is 7.70. The molecule has 8 heteroatoms. The monoisotopic (exact) mass is 315 g/mol. The van der Waals surface area contributed by atoms with E-state index in [1.165, 1.54) is 0 Å². The van der Waals surface area contributed by atoms with E-state index >= 15 is 0 Å². The van der Waals surface area contributed by atoms with Crippen LogP contribution in [0.2, 0.25) is 0 Å². The Kier molecular flexibility index (Phi) is 3.53. The van der Waals surface area contributed by atoms with Crippen LogP contribution in [0.25, 0.3) is 11.6 Å². The van der Waals surface area contributed by atoms with Gasteiger partial charge in [-0.1, -0.05) is 5.16 Å². The summed E-state index contributed by atoms with van der Waals surface area (Å²) in [5, 5.41) is 3.89. The van der Waals surface area contributed by atoms with Gasteiger partial charge in [-0.2, -0.15) is 4.98 Å². The van der Waals surface area contributed by atoms with E-state index in [4.69, 9.17) is 9.26 Å². The lowest BCUT2D eigenvalue weighted by Crippen LogP contribution is -2.46. The summed E-state index contributed by atoms with van der Waals surface area (Å²) in [5.41, 5.74) is 0.0965. The molecule has 2 aromatic rings. The predicted octanol–water partition coefficient (Wildman–Crippen LogP) is 1.06. The minimum absolute atomic E-state index is 0.0965. The van der Waals surface area contributed by atoms with Crippen LogP contribution >= 0.6 is 0 Å². The molecule has 2 fully saturated rings. The van der Waals surface area contributed by atoms with Crippen molar-refractivity contribution in [2.24, 2.45) is 5.41 Å². The molecule has 2 saturated heterocycles. The number of rotatable bonds is 3. The summed E-state index contributed by atoms with van der Waals surface area (Å²) in [4.78, 5) is 26.5. The summed E-state index contributed by atoms with van der Waals surface area (Å²) < 4.78 is 10.8. The summed E-state index contributed by atoms with van der Waals surface area (Å²) in [5.74, 6) is 1.27. The van der Waals surface area contributed by atoms with Crippen molar-refractivity contribution in [3.05, 3.63) is 24.4 Å². The summed E-state index contributed by atoms with van der Waals surface area (Å²) in [6.07, 6.45) is 5.69. The Balaban J connectivity index is 1.49. The Morgan fingerprint density at radius 2 is 2.09 bits per heavy atom. The summed E-state index contributed by atoms with van der Waals surface area (Å²) in [6, 6.07) is 1.72. The highest BCUT2D eigenvalue weighted by Crippen LogP contribution is 2.38. The maximum Gasteiger partial charge on any atom is 0.246 e. The van der Waals surface area contributed by atoms with Gasteiger partial charge in [0, 0.05) is 37.4 Å². The average molecular weight is 315 g/mol. The highest BCUT2D eigenvalue weighted by Gasteiger charge is 2.42. The maximum absolute atomic E-state index is 12.2. The van der Waals surface area contributed by atoms with Crippen LogP contribution in [0.4, 0.5) is 0 Å². The summed E-state index contributed by atoms with van der Waals surface area (Å²) in [7, 11) is 0. The molecule has 8 nitrogen and oxygen atoms in total. The number of carbonyl (C=O) groups is 1. The van der Waals surface area contributed by atoms with Gasteiger partial charge < -0.3 is 14.2 Å². The molecule has 2 aliphatic rings. The van der Waals surface area contributed by atoms with Gasteiger partial charge in [0.05, 0.1) is 6.61 Å². The second-order valence-corrected chi connectivity index (χ2v) is 6.14. The predicted molar refractivity (Wildman–Crippen MR) is 77.8 cm³/mol. The summed E-state index contributed by atoms with van der Waals surface area (Å²) >= 11 is 0. The van der Waals surface area contributed by atoms with Crippen molar-refractivity contribution in [3.8, 4) is 11.6 Å². The van der Waals surface area contributed by atoms with Gasteiger partial charge in [0.1, 0.15) is 6.54 Å². The molecule has 0 bridgehead atoms. The van der Waals surface area contributed by atoms with Gasteiger partial charge in [-0.3, -0.25) is 4.79 Å². The fourth-order valence-corrected chi connectivity index (χ4v) is 3.21. The molecule has 0 radical (unpaired) electrons. The van der Waals surface area contributed by atoms with Crippen LogP contribution in [0.3, 0.4) is 0 Å². The lowest BCUT2D eigenvalue weighted by Gasteiger charge is -2.38. The third kappa shape index (κ3) is 2.81. The molecule has 0 unspecified atom stereocenters. The van der Waals surface area contributed by atoms with Gasteiger partial charge in [-0.15, -0.1) is 0 Å². The van der Waals surface area contributed by atoms with E-state index in [0.717, 1.165) is 26.1 Å². The van der Waals surface area contributed by atoms with Crippen LogP contribution in [0.5, 0.6) is 0 Å². The number of aromatic nitrogens is 4. The van der Waals surface area contributed by atoms with Gasteiger partial charge in [-0.05, 0) is 18.9 Å². The number of hydrogen-bond acceptors (Lipinski definition) is 7. The standard InChI is InChI=1S/C15H17N5O3/c21-12-2-3-15(4-7-22-10-15)9-20(12)8-11-18-14(19-23-11)13-16-5-1-6-17-13/h1,5-6H,2-4,7-10H2/t15-/m1/s1. The van der Waals surface area contributed by atoms with Crippen molar-refractivity contribution >= 4 is 5.91 Å². The van der Waals surface area contributed by atoms with E-state index in [2.05, 4.69) is 20.1 Å². The number of carbonyl (C=O) groups excluding carboxylic acids is 1. The van der Waals surface area contributed by atoms with Crippen LogP contribution in [-0.2, 0) is 16.1 Å². The van der Waals surface area contributed by atoms with Gasteiger partial charge in [0.25, 0.3) is 0 Å². The molecule has 0 saturated carbocycles. The second kappa shape index (κ2) is 5.69. The van der Waals surface area contributed by atoms with E-state index in [0.29, 0.717) is 37.0 Å². The van der Waals surface area contributed by atoms with Crippen molar-refractivity contribution in [1.29, 1.82) is 0 Å². The second-order valence-electron chi connectivity index (χ2n) is 6.14. The molecule has 4 rings (SSSR count). The van der Waals surface area contributed by atoms with E-state index in [-0.39, 0.29) is 11.3 Å². The number of amides is 1. The fraction of sp³-hybridized carbons (Fsp3) is 0.533. The van der Waals surface area contributed by atoms with E-state index in [9.17, 15) is 4.79 Å². The highest BCUT2D eigenvalue weighted by atomic mass is 16.5. The van der Waals surface area contributed by atoms with Gasteiger partial charge in [-0.25, -0.2) is 9.97 Å². The Hall–Kier alpha value is -2.35. The number of ether oxygens (including phenoxy) is 1. The molecular formula is C15H17N5O3. The molecule has 1 spiro atoms. The van der Waals surface area contributed by atoms with Gasteiger partial charge in [0.2, 0.25) is 23.4 Å². The van der Waals surface area contributed by atoms with E-state index < -0.39 is 0 Å². The van der Waals surface area contributed by atoms with Crippen molar-refractivity contribution < 1.29 is 14.1 Å². The molecule has 2 aliphatic heterocycles. The first-order valence-corrected chi connectivity index (χ1v) is 7.70. The fourth-order valence-electron chi connectivity index (χ4n) is 3.21. The molecule has 0 aliphatic carbocycles. The van der Waals surface area contributed by atoms with Crippen molar-refractivity contribution in [1.82, 2.24) is 25.0 Å². The van der Waals surface area contributed by atoms with Crippen LogP contribution in [0.15, 0.2) is 23.0 Å². The van der Waals surface area contributed by atoms with Gasteiger partial charge in [0.15, 0.2) is 0 Å². The SMILES string of the molecule is O=C1CC[C@@]2(CCOC2)CN1Cc1nc(-c2ncccn2)no1. The molecule has 1 atom stereocenters. The minimum atomic E-state index is 0.0965. The lowest BCUT2D eigenvalue weighted by molar-refractivity contribution is -0.138. The van der Waals surface area contributed by atoms with Crippen LogP contribution in [0, 0.1) is 5.41 Å². The average Bonchev–Trinajstić information content (AvgIpc) is 3.22. The topological polar surface area (TPSA) is 94.2 Å². The zero-order valence-corrected chi connectivity index (χ0v) is 12.6. The third-order valence-electron chi connectivity index (χ3n) is 4.49. The van der Waals surface area contributed by atoms with Crippen molar-refractivity contribution in [2.45, 2.75) is 25.8 Å². The number of hydrogen-bond donors (Lipinski definition) is 0. The van der Waals surface area contributed by atoms with Crippen LogP contribution < -0.4 is 0 Å². The molecule has 23 heavy (non-hydrogen) atoms. The number of piperidine rings is 1. The quantitative estimate of drug-likeness (QED) is 0.835.